The average Bonchev–Trinajstić information content (AvgIpc) is 2.75. The van der Waals surface area contributed by atoms with Gasteiger partial charge in [-0.25, -0.2) is 0 Å². The Bertz CT molecular complexity index is 947. The number of rotatable bonds is 6. The Kier molecular flexibility index (Phi) is 5.91. The van der Waals surface area contributed by atoms with Crippen LogP contribution in [-0.4, -0.2) is 26.0 Å². The number of hydrogen-bond donors (Lipinski definition) is 2. The van der Waals surface area contributed by atoms with E-state index in [1.807, 2.05) is 6.07 Å². The maximum Gasteiger partial charge on any atom is 0.263 e. The minimum atomic E-state index is -0.352. The summed E-state index contributed by atoms with van der Waals surface area (Å²) in [5.74, 6) is 0.290. The lowest BCUT2D eigenvalue weighted by molar-refractivity contribution is 0.101. The fraction of sp³-hybridized carbons (Fsp3) is 0.0909. The molecule has 0 bridgehead atoms. The van der Waals surface area contributed by atoms with Crippen molar-refractivity contribution in [3.8, 4) is 11.5 Å². The normalized spacial score (nSPS) is 10.1. The number of carbonyl (C=O) groups is 2. The van der Waals surface area contributed by atoms with Gasteiger partial charge >= 0.3 is 0 Å². The summed E-state index contributed by atoms with van der Waals surface area (Å²) < 4.78 is 10.5. The number of methoxy groups -OCH3 is 2. The van der Waals surface area contributed by atoms with E-state index in [1.165, 1.54) is 14.2 Å². The summed E-state index contributed by atoms with van der Waals surface area (Å²) in [5.41, 5.74) is 2.09. The molecule has 0 saturated heterocycles. The van der Waals surface area contributed by atoms with E-state index in [0.29, 0.717) is 34.0 Å². The summed E-state index contributed by atoms with van der Waals surface area (Å²) in [4.78, 5) is 24.9. The molecule has 142 valence electrons. The molecule has 0 spiro atoms. The average molecular weight is 376 g/mol. The summed E-state index contributed by atoms with van der Waals surface area (Å²) in [5, 5.41) is 5.62. The van der Waals surface area contributed by atoms with Gasteiger partial charge in [-0.2, -0.15) is 0 Å². The first-order valence-corrected chi connectivity index (χ1v) is 8.61. The molecule has 3 rings (SSSR count). The molecule has 3 aromatic rings. The molecule has 6 nitrogen and oxygen atoms in total. The van der Waals surface area contributed by atoms with Crippen LogP contribution in [0.5, 0.6) is 11.5 Å². The molecule has 0 atom stereocenters. The molecule has 0 aliphatic rings. The van der Waals surface area contributed by atoms with Crippen LogP contribution in [0.1, 0.15) is 20.7 Å². The summed E-state index contributed by atoms with van der Waals surface area (Å²) in [6.45, 7) is 0. The summed E-state index contributed by atoms with van der Waals surface area (Å²) in [6.07, 6.45) is 0. The second kappa shape index (κ2) is 8.73. The first-order chi connectivity index (χ1) is 13.6. The van der Waals surface area contributed by atoms with Crippen molar-refractivity contribution < 1.29 is 19.1 Å². The van der Waals surface area contributed by atoms with E-state index in [-0.39, 0.29) is 11.8 Å². The molecule has 0 saturated carbocycles. The van der Waals surface area contributed by atoms with Crippen molar-refractivity contribution in [2.45, 2.75) is 0 Å². The molecular weight excluding hydrogens is 356 g/mol. The first-order valence-electron chi connectivity index (χ1n) is 8.61. The fourth-order valence-corrected chi connectivity index (χ4v) is 2.70. The Morgan fingerprint density at radius 2 is 1.14 bits per heavy atom. The van der Waals surface area contributed by atoms with Crippen LogP contribution in [0.25, 0.3) is 0 Å². The molecular formula is C22H20N2O4. The van der Waals surface area contributed by atoms with Gasteiger partial charge < -0.3 is 20.1 Å². The Morgan fingerprint density at radius 3 is 1.64 bits per heavy atom. The molecule has 0 aromatic heterocycles. The van der Waals surface area contributed by atoms with Crippen molar-refractivity contribution in [3.05, 3.63) is 83.9 Å². The van der Waals surface area contributed by atoms with E-state index in [1.54, 1.807) is 66.7 Å². The topological polar surface area (TPSA) is 76.7 Å². The highest BCUT2D eigenvalue weighted by molar-refractivity contribution is 6.08. The molecule has 2 amide bonds. The minimum absolute atomic E-state index is 0.198. The molecule has 0 unspecified atom stereocenters. The highest BCUT2D eigenvalue weighted by Gasteiger charge is 2.18. The van der Waals surface area contributed by atoms with Gasteiger partial charge in [-0.05, 0) is 48.5 Å². The number of benzene rings is 3. The van der Waals surface area contributed by atoms with Gasteiger partial charge in [0.1, 0.15) is 17.1 Å². The Morgan fingerprint density at radius 1 is 0.643 bits per heavy atom. The second-order valence-electron chi connectivity index (χ2n) is 5.89. The third kappa shape index (κ3) is 4.29. The van der Waals surface area contributed by atoms with Crippen LogP contribution in [0.4, 0.5) is 11.4 Å². The van der Waals surface area contributed by atoms with Crippen LogP contribution < -0.4 is 20.1 Å². The lowest BCUT2D eigenvalue weighted by Crippen LogP contribution is -2.15. The monoisotopic (exact) mass is 376 g/mol. The smallest absolute Gasteiger partial charge is 0.263 e. The predicted octanol–water partition coefficient (Wildman–Crippen LogP) is 4.21. The molecule has 0 fully saturated rings. The SMILES string of the molecule is COc1cccc(OC)c1C(=O)Nc1ccc(NC(=O)c2ccccc2)cc1. The molecule has 2 N–H and O–H groups in total. The third-order valence-corrected chi connectivity index (χ3v) is 4.09. The molecule has 28 heavy (non-hydrogen) atoms. The molecule has 3 aromatic carbocycles. The zero-order chi connectivity index (χ0) is 19.9. The van der Waals surface area contributed by atoms with Gasteiger partial charge in [0.25, 0.3) is 11.8 Å². The van der Waals surface area contributed by atoms with Crippen LogP contribution >= 0.6 is 0 Å². The van der Waals surface area contributed by atoms with Crippen LogP contribution in [0.15, 0.2) is 72.8 Å². The highest BCUT2D eigenvalue weighted by Crippen LogP contribution is 2.29. The van der Waals surface area contributed by atoms with Crippen LogP contribution in [-0.2, 0) is 0 Å². The summed E-state index contributed by atoms with van der Waals surface area (Å²) in [6, 6.07) is 20.9. The Hall–Kier alpha value is -3.80. The van der Waals surface area contributed by atoms with E-state index < -0.39 is 0 Å². The number of hydrogen-bond acceptors (Lipinski definition) is 4. The lowest BCUT2D eigenvalue weighted by Gasteiger charge is -2.13. The zero-order valence-corrected chi connectivity index (χ0v) is 15.6. The van der Waals surface area contributed by atoms with E-state index in [2.05, 4.69) is 10.6 Å². The quantitative estimate of drug-likeness (QED) is 0.676. The van der Waals surface area contributed by atoms with Gasteiger partial charge in [-0.1, -0.05) is 24.3 Å². The first kappa shape index (κ1) is 19.0. The highest BCUT2D eigenvalue weighted by atomic mass is 16.5. The van der Waals surface area contributed by atoms with E-state index in [4.69, 9.17) is 9.47 Å². The standard InChI is InChI=1S/C22H20N2O4/c1-27-18-9-6-10-19(28-2)20(18)22(26)24-17-13-11-16(12-14-17)23-21(25)15-7-4-3-5-8-15/h3-14H,1-2H3,(H,23,25)(H,24,26). The second-order valence-corrected chi connectivity index (χ2v) is 5.89. The van der Waals surface area contributed by atoms with Crippen molar-refractivity contribution in [2.24, 2.45) is 0 Å². The molecule has 6 heteroatoms. The maximum absolute atomic E-state index is 12.7. The van der Waals surface area contributed by atoms with Crippen LogP contribution in [0.3, 0.4) is 0 Å². The number of anilines is 2. The van der Waals surface area contributed by atoms with E-state index >= 15 is 0 Å². The minimum Gasteiger partial charge on any atom is -0.496 e. The van der Waals surface area contributed by atoms with E-state index in [9.17, 15) is 9.59 Å². The van der Waals surface area contributed by atoms with Gasteiger partial charge in [-0.15, -0.1) is 0 Å². The molecule has 0 aliphatic heterocycles. The van der Waals surface area contributed by atoms with Crippen molar-refractivity contribution >= 4 is 23.2 Å². The Balaban J connectivity index is 1.71. The number of carbonyl (C=O) groups excluding carboxylic acids is 2. The molecule has 0 heterocycles. The number of nitrogens with one attached hydrogen (secondary N) is 2. The van der Waals surface area contributed by atoms with Gasteiger partial charge in [0.15, 0.2) is 0 Å². The van der Waals surface area contributed by atoms with Crippen LogP contribution in [0, 0.1) is 0 Å². The van der Waals surface area contributed by atoms with Gasteiger partial charge in [0, 0.05) is 16.9 Å². The predicted molar refractivity (Wildman–Crippen MR) is 108 cm³/mol. The van der Waals surface area contributed by atoms with Crippen molar-refractivity contribution in [1.29, 1.82) is 0 Å². The maximum atomic E-state index is 12.7. The van der Waals surface area contributed by atoms with Gasteiger partial charge in [0.05, 0.1) is 14.2 Å². The summed E-state index contributed by atoms with van der Waals surface area (Å²) in [7, 11) is 2.99. The van der Waals surface area contributed by atoms with E-state index in [0.717, 1.165) is 0 Å². The molecule has 0 aliphatic carbocycles. The van der Waals surface area contributed by atoms with Crippen molar-refractivity contribution in [2.75, 3.05) is 24.9 Å². The van der Waals surface area contributed by atoms with Crippen molar-refractivity contribution in [1.82, 2.24) is 0 Å². The fourth-order valence-electron chi connectivity index (χ4n) is 2.70. The Labute approximate surface area is 163 Å². The summed E-state index contributed by atoms with van der Waals surface area (Å²) >= 11 is 0. The number of ether oxygens (including phenoxy) is 2. The lowest BCUT2D eigenvalue weighted by atomic mass is 10.1. The van der Waals surface area contributed by atoms with Gasteiger partial charge in [0.2, 0.25) is 0 Å². The largest absolute Gasteiger partial charge is 0.496 e. The zero-order valence-electron chi connectivity index (χ0n) is 15.6. The van der Waals surface area contributed by atoms with Gasteiger partial charge in [-0.3, -0.25) is 9.59 Å². The molecule has 0 radical (unpaired) electrons. The third-order valence-electron chi connectivity index (χ3n) is 4.09. The number of amides is 2. The van der Waals surface area contributed by atoms with Crippen molar-refractivity contribution in [3.63, 3.8) is 0 Å². The van der Waals surface area contributed by atoms with Crippen LogP contribution in [0.2, 0.25) is 0 Å².